The van der Waals surface area contributed by atoms with Crippen LogP contribution in [0.5, 0.6) is 0 Å². The maximum atomic E-state index is 13.6. The third-order valence-corrected chi connectivity index (χ3v) is 6.21. The number of benzene rings is 3. The maximum absolute atomic E-state index is 13.6. The zero-order valence-corrected chi connectivity index (χ0v) is 22.0. The van der Waals surface area contributed by atoms with Crippen LogP contribution in [0.1, 0.15) is 43.4 Å². The molecule has 3 aromatic carbocycles. The fourth-order valence-corrected chi connectivity index (χ4v) is 4.17. The number of carbonyl (C=O) groups excluding carboxylic acids is 2. The number of piperidine rings is 1. The number of carbonyl (C=O) groups is 2. The summed E-state index contributed by atoms with van der Waals surface area (Å²) in [6, 6.07) is 25.6. The predicted molar refractivity (Wildman–Crippen MR) is 155 cm³/mol. The first-order chi connectivity index (χ1) is 18.5. The summed E-state index contributed by atoms with van der Waals surface area (Å²) < 4.78 is 0. The monoisotopic (exact) mass is 506 g/mol. The van der Waals surface area contributed by atoms with Crippen molar-refractivity contribution >= 4 is 28.9 Å². The number of nitrogens with zero attached hydrogens (tertiary/aromatic N) is 3. The van der Waals surface area contributed by atoms with E-state index in [-0.39, 0.29) is 11.8 Å². The molecular weight excluding hydrogens is 472 g/mol. The van der Waals surface area contributed by atoms with Gasteiger partial charge in [0.2, 0.25) is 5.91 Å². The van der Waals surface area contributed by atoms with Gasteiger partial charge in [-0.25, -0.2) is 0 Å². The van der Waals surface area contributed by atoms with Crippen LogP contribution in [0.3, 0.4) is 0 Å². The van der Waals surface area contributed by atoms with E-state index >= 15 is 0 Å². The Kier molecular flexibility index (Phi) is 10.4. The fourth-order valence-electron chi connectivity index (χ4n) is 4.17. The Morgan fingerprint density at radius 3 is 2.42 bits per heavy atom. The standard InChI is InChI=1S/C27H26N4O2.C5H8/c1-30(23-13-15-24(16-14-23)31-17-6-5-12-25(31)32)27(33)26(21-9-3-2-4-10-21)29-22-11-7-8-20(18-22)19-28;1-3-5-4-2/h2-4,7-11,13-16,18,26,29H,5-6,12,17H2,1H3;3-5H,1H2,2H3/b;5-4-. The zero-order chi connectivity index (χ0) is 27.3. The van der Waals surface area contributed by atoms with Crippen LogP contribution in [-0.2, 0) is 9.59 Å². The largest absolute Gasteiger partial charge is 0.370 e. The lowest BCUT2D eigenvalue weighted by Crippen LogP contribution is -2.36. The van der Waals surface area contributed by atoms with E-state index in [0.29, 0.717) is 17.7 Å². The number of amides is 2. The van der Waals surface area contributed by atoms with E-state index in [2.05, 4.69) is 18.0 Å². The molecule has 1 aliphatic heterocycles. The molecular formula is C32H34N4O2. The number of anilines is 3. The molecule has 1 unspecified atom stereocenters. The average molecular weight is 507 g/mol. The number of nitriles is 1. The van der Waals surface area contributed by atoms with Crippen LogP contribution < -0.4 is 15.1 Å². The Labute approximate surface area is 225 Å². The van der Waals surface area contributed by atoms with Gasteiger partial charge in [-0.15, -0.1) is 0 Å². The number of hydrogen-bond acceptors (Lipinski definition) is 4. The molecule has 0 spiro atoms. The summed E-state index contributed by atoms with van der Waals surface area (Å²) in [5.74, 6) is 0.0109. The van der Waals surface area contributed by atoms with Crippen molar-refractivity contribution in [3.63, 3.8) is 0 Å². The van der Waals surface area contributed by atoms with Gasteiger partial charge in [0, 0.05) is 37.1 Å². The molecule has 38 heavy (non-hydrogen) atoms. The van der Waals surface area contributed by atoms with Crippen molar-refractivity contribution in [2.45, 2.75) is 32.2 Å². The SMILES string of the molecule is C=C/C=C\C.CN(C(=O)C(Nc1cccc(C#N)c1)c1ccccc1)c1ccc(N2CCCCC2=O)cc1. The molecule has 1 saturated heterocycles. The molecule has 194 valence electrons. The van der Waals surface area contributed by atoms with Crippen LogP contribution in [0.2, 0.25) is 0 Å². The van der Waals surface area contributed by atoms with Crippen LogP contribution in [0.15, 0.2) is 104 Å². The molecule has 0 bridgehead atoms. The van der Waals surface area contributed by atoms with Crippen LogP contribution in [0.4, 0.5) is 17.1 Å². The lowest BCUT2D eigenvalue weighted by atomic mass is 10.0. The van der Waals surface area contributed by atoms with Crippen molar-refractivity contribution in [2.75, 3.05) is 28.7 Å². The second-order valence-electron chi connectivity index (χ2n) is 8.86. The van der Waals surface area contributed by atoms with Crippen molar-refractivity contribution in [2.24, 2.45) is 0 Å². The highest BCUT2D eigenvalue weighted by molar-refractivity contribution is 5.99. The van der Waals surface area contributed by atoms with Crippen molar-refractivity contribution in [1.29, 1.82) is 5.26 Å². The average Bonchev–Trinajstić information content (AvgIpc) is 2.97. The summed E-state index contributed by atoms with van der Waals surface area (Å²) in [5.41, 5.74) is 3.64. The molecule has 1 fully saturated rings. The Hall–Kier alpha value is -4.63. The number of hydrogen-bond donors (Lipinski definition) is 1. The molecule has 6 nitrogen and oxygen atoms in total. The number of allylic oxidation sites excluding steroid dienone is 3. The molecule has 2 amide bonds. The molecule has 4 rings (SSSR count). The van der Waals surface area contributed by atoms with Crippen molar-refractivity contribution in [3.8, 4) is 6.07 Å². The highest BCUT2D eigenvalue weighted by atomic mass is 16.2. The first-order valence-corrected chi connectivity index (χ1v) is 12.7. The summed E-state index contributed by atoms with van der Waals surface area (Å²) in [5, 5.41) is 12.5. The Bertz CT molecular complexity index is 1290. The van der Waals surface area contributed by atoms with Crippen LogP contribution >= 0.6 is 0 Å². The summed E-state index contributed by atoms with van der Waals surface area (Å²) >= 11 is 0. The highest BCUT2D eigenvalue weighted by Crippen LogP contribution is 2.27. The minimum Gasteiger partial charge on any atom is -0.370 e. The van der Waals surface area contributed by atoms with Gasteiger partial charge in [0.25, 0.3) is 5.91 Å². The second kappa shape index (κ2) is 14.2. The van der Waals surface area contributed by atoms with Gasteiger partial charge >= 0.3 is 0 Å². The Morgan fingerprint density at radius 1 is 1.08 bits per heavy atom. The molecule has 1 aliphatic rings. The van der Waals surface area contributed by atoms with E-state index < -0.39 is 6.04 Å². The van der Waals surface area contributed by atoms with Gasteiger partial charge in [-0.1, -0.05) is 61.2 Å². The number of likely N-dealkylation sites (N-methyl/N-ethyl adjacent to an activating group) is 1. The Morgan fingerprint density at radius 2 is 1.82 bits per heavy atom. The summed E-state index contributed by atoms with van der Waals surface area (Å²) in [7, 11) is 1.74. The van der Waals surface area contributed by atoms with E-state index in [1.54, 1.807) is 36.2 Å². The smallest absolute Gasteiger partial charge is 0.253 e. The van der Waals surface area contributed by atoms with Gasteiger partial charge in [-0.2, -0.15) is 5.26 Å². The van der Waals surface area contributed by atoms with Crippen LogP contribution in [-0.4, -0.2) is 25.4 Å². The molecule has 0 aromatic heterocycles. The zero-order valence-electron chi connectivity index (χ0n) is 22.0. The van der Waals surface area contributed by atoms with Crippen molar-refractivity contribution < 1.29 is 9.59 Å². The highest BCUT2D eigenvalue weighted by Gasteiger charge is 2.25. The van der Waals surface area contributed by atoms with Gasteiger partial charge < -0.3 is 15.1 Å². The molecule has 1 heterocycles. The van der Waals surface area contributed by atoms with E-state index in [1.165, 1.54) is 0 Å². The lowest BCUT2D eigenvalue weighted by Gasteiger charge is -2.28. The minimum absolute atomic E-state index is 0.134. The molecule has 0 saturated carbocycles. The first-order valence-electron chi connectivity index (χ1n) is 12.7. The van der Waals surface area contributed by atoms with E-state index in [0.717, 1.165) is 36.3 Å². The summed E-state index contributed by atoms with van der Waals surface area (Å²) in [6.45, 7) is 6.15. The van der Waals surface area contributed by atoms with Crippen LogP contribution in [0.25, 0.3) is 0 Å². The van der Waals surface area contributed by atoms with Gasteiger partial charge in [0.05, 0.1) is 11.6 Å². The van der Waals surface area contributed by atoms with E-state index in [4.69, 9.17) is 0 Å². The molecule has 0 aliphatic carbocycles. The number of nitrogens with one attached hydrogen (secondary N) is 1. The fraction of sp³-hybridized carbons (Fsp3) is 0.219. The summed E-state index contributed by atoms with van der Waals surface area (Å²) in [4.78, 5) is 29.2. The molecule has 0 radical (unpaired) electrons. The third kappa shape index (κ3) is 7.44. The Balaban J connectivity index is 0.000000732. The maximum Gasteiger partial charge on any atom is 0.253 e. The normalized spacial score (nSPS) is 13.6. The van der Waals surface area contributed by atoms with Crippen molar-refractivity contribution in [3.05, 3.63) is 115 Å². The second-order valence-corrected chi connectivity index (χ2v) is 8.86. The third-order valence-electron chi connectivity index (χ3n) is 6.21. The van der Waals surface area contributed by atoms with Crippen LogP contribution in [0, 0.1) is 11.3 Å². The van der Waals surface area contributed by atoms with Gasteiger partial charge in [0.1, 0.15) is 6.04 Å². The topological polar surface area (TPSA) is 76.4 Å². The van der Waals surface area contributed by atoms with Crippen molar-refractivity contribution in [1.82, 2.24) is 0 Å². The lowest BCUT2D eigenvalue weighted by molar-refractivity contribution is -0.120. The first kappa shape index (κ1) is 27.9. The molecule has 1 N–H and O–H groups in total. The number of rotatable bonds is 7. The predicted octanol–water partition coefficient (Wildman–Crippen LogP) is 6.64. The van der Waals surface area contributed by atoms with Gasteiger partial charge in [0.15, 0.2) is 0 Å². The van der Waals surface area contributed by atoms with Gasteiger partial charge in [-0.3, -0.25) is 9.59 Å². The van der Waals surface area contributed by atoms with Gasteiger partial charge in [-0.05, 0) is 67.8 Å². The van der Waals surface area contributed by atoms with E-state index in [9.17, 15) is 14.9 Å². The molecule has 3 aromatic rings. The van der Waals surface area contributed by atoms with E-state index in [1.807, 2.05) is 84.6 Å². The molecule has 6 heteroatoms. The molecule has 1 atom stereocenters. The quantitative estimate of drug-likeness (QED) is 0.365. The summed E-state index contributed by atoms with van der Waals surface area (Å²) in [6.07, 6.45) is 8.10. The minimum atomic E-state index is -0.631.